The fourth-order valence-corrected chi connectivity index (χ4v) is 3.68. The van der Waals surface area contributed by atoms with Gasteiger partial charge in [-0.1, -0.05) is 11.6 Å². The molecular formula is C18H18ClN3O5S. The van der Waals surface area contributed by atoms with Gasteiger partial charge in [-0.25, -0.2) is 4.99 Å². The molecule has 0 bridgehead atoms. The Morgan fingerprint density at radius 2 is 1.82 bits per heavy atom. The minimum Gasteiger partial charge on any atom is -0.454 e. The summed E-state index contributed by atoms with van der Waals surface area (Å²) in [5.41, 5.74) is 1.15. The third kappa shape index (κ3) is 4.07. The Labute approximate surface area is 167 Å². The molecule has 2 aromatic carbocycles. The van der Waals surface area contributed by atoms with E-state index in [9.17, 15) is 8.42 Å². The maximum absolute atomic E-state index is 11.0. The molecule has 0 aliphatic carbocycles. The molecule has 2 aliphatic heterocycles. The Morgan fingerprint density at radius 3 is 2.54 bits per heavy atom. The fraction of sp³-hybridized carbons (Fsp3) is 0.278. The Bertz CT molecular complexity index is 1050. The van der Waals surface area contributed by atoms with Crippen molar-refractivity contribution in [3.8, 4) is 17.2 Å². The summed E-state index contributed by atoms with van der Waals surface area (Å²) in [7, 11) is -2.57. The second-order valence-electron chi connectivity index (χ2n) is 6.61. The number of hydrogen-bond donors (Lipinski definition) is 1. The van der Waals surface area contributed by atoms with Crippen LogP contribution in [-0.2, 0) is 10.4 Å². The predicted molar refractivity (Wildman–Crippen MR) is 105 cm³/mol. The zero-order chi connectivity index (χ0) is 19.9. The highest BCUT2D eigenvalue weighted by Crippen LogP contribution is 2.41. The summed E-state index contributed by atoms with van der Waals surface area (Å²) in [6.45, 7) is 3.32. The number of fused-ring (bicyclic) bond motifs is 2. The molecule has 0 spiro atoms. The molecule has 1 N–H and O–H groups in total. The Balaban J connectivity index is 1.82. The molecule has 0 saturated carbocycles. The van der Waals surface area contributed by atoms with Crippen molar-refractivity contribution in [3.05, 3.63) is 47.0 Å². The monoisotopic (exact) mass is 423 g/mol. The van der Waals surface area contributed by atoms with E-state index in [1.54, 1.807) is 24.3 Å². The van der Waals surface area contributed by atoms with Crippen LogP contribution in [0.4, 0.5) is 5.69 Å². The van der Waals surface area contributed by atoms with Gasteiger partial charge >= 0.3 is 10.4 Å². The first kappa shape index (κ1) is 19.0. The number of piperazine rings is 1. The number of rotatable bonds is 2. The normalized spacial score (nSPS) is 17.1. The molecule has 0 amide bonds. The summed E-state index contributed by atoms with van der Waals surface area (Å²) in [6, 6.07) is 9.66. The standard InChI is InChI=1S/C18H18ClN3O5S/c1-21-6-8-22(9-7-21)18-14-10-12(19)2-4-16(14)26-17-5-3-13(11-15(17)20-18)27-28(23,24)25/h2-5,10-11H,6-9H2,1H3,(H,23,24,25). The molecule has 8 nitrogen and oxygen atoms in total. The first-order valence-electron chi connectivity index (χ1n) is 8.59. The molecule has 2 aliphatic rings. The maximum Gasteiger partial charge on any atom is 0.446 e. The second-order valence-corrected chi connectivity index (χ2v) is 8.07. The molecule has 1 fully saturated rings. The lowest BCUT2D eigenvalue weighted by molar-refractivity contribution is 0.215. The highest BCUT2D eigenvalue weighted by molar-refractivity contribution is 7.81. The van der Waals surface area contributed by atoms with E-state index in [1.807, 2.05) is 0 Å². The van der Waals surface area contributed by atoms with Crippen LogP contribution >= 0.6 is 11.6 Å². The highest BCUT2D eigenvalue weighted by Gasteiger charge is 2.26. The molecule has 4 rings (SSSR count). The van der Waals surface area contributed by atoms with Crippen LogP contribution < -0.4 is 8.92 Å². The Morgan fingerprint density at radius 1 is 1.11 bits per heavy atom. The predicted octanol–water partition coefficient (Wildman–Crippen LogP) is 2.95. The van der Waals surface area contributed by atoms with E-state index in [4.69, 9.17) is 25.9 Å². The lowest BCUT2D eigenvalue weighted by Crippen LogP contribution is -2.47. The summed E-state index contributed by atoms with van der Waals surface area (Å²) < 4.78 is 41.6. The zero-order valence-electron chi connectivity index (χ0n) is 15.0. The number of hydrogen-bond acceptors (Lipinski definition) is 7. The average molecular weight is 424 g/mol. The molecule has 2 aromatic rings. The molecule has 0 aromatic heterocycles. The molecule has 28 heavy (non-hydrogen) atoms. The zero-order valence-corrected chi connectivity index (χ0v) is 16.6. The van der Waals surface area contributed by atoms with Crippen LogP contribution in [0.2, 0.25) is 5.02 Å². The average Bonchev–Trinajstić information content (AvgIpc) is 2.77. The van der Waals surface area contributed by atoms with Crippen LogP contribution in [0.5, 0.6) is 17.2 Å². The van der Waals surface area contributed by atoms with E-state index in [0.29, 0.717) is 28.0 Å². The summed E-state index contributed by atoms with van der Waals surface area (Å²) in [6.07, 6.45) is 0. The Kier molecular flexibility index (Phi) is 4.92. The van der Waals surface area contributed by atoms with Crippen LogP contribution in [0.15, 0.2) is 41.4 Å². The molecule has 148 valence electrons. The van der Waals surface area contributed by atoms with Crippen LogP contribution in [0.3, 0.4) is 0 Å². The van der Waals surface area contributed by atoms with E-state index in [-0.39, 0.29) is 5.75 Å². The SMILES string of the molecule is CN1CCN(C2=Nc3cc(OS(=O)(=O)O)ccc3Oc3ccc(Cl)cc32)CC1. The van der Waals surface area contributed by atoms with E-state index in [2.05, 4.69) is 21.0 Å². The van der Waals surface area contributed by atoms with E-state index in [0.717, 1.165) is 31.7 Å². The number of halogens is 1. The number of aliphatic imine (C=N–C) groups is 1. The number of likely N-dealkylation sites (N-methyl/N-ethyl adjacent to an activating group) is 1. The first-order valence-corrected chi connectivity index (χ1v) is 10.3. The van der Waals surface area contributed by atoms with Gasteiger partial charge in [-0.2, -0.15) is 8.42 Å². The van der Waals surface area contributed by atoms with Crippen LogP contribution in [0.1, 0.15) is 5.56 Å². The second kappa shape index (κ2) is 7.25. The van der Waals surface area contributed by atoms with Crippen molar-refractivity contribution in [3.63, 3.8) is 0 Å². The topological polar surface area (TPSA) is 91.7 Å². The van der Waals surface area contributed by atoms with Gasteiger partial charge in [-0.3, -0.25) is 4.55 Å². The van der Waals surface area contributed by atoms with Gasteiger partial charge < -0.3 is 18.7 Å². The minimum absolute atomic E-state index is 0.0599. The molecule has 0 unspecified atom stereocenters. The van der Waals surface area contributed by atoms with E-state index in [1.165, 1.54) is 12.1 Å². The lowest BCUT2D eigenvalue weighted by atomic mass is 10.1. The molecular weight excluding hydrogens is 406 g/mol. The summed E-state index contributed by atoms with van der Waals surface area (Å²) in [4.78, 5) is 9.12. The van der Waals surface area contributed by atoms with E-state index < -0.39 is 10.4 Å². The van der Waals surface area contributed by atoms with E-state index >= 15 is 0 Å². The third-order valence-corrected chi connectivity index (χ3v) is 5.20. The van der Waals surface area contributed by atoms with Crippen LogP contribution in [-0.4, -0.2) is 61.8 Å². The molecule has 0 atom stereocenters. The van der Waals surface area contributed by atoms with Gasteiger partial charge in [-0.15, -0.1) is 0 Å². The number of amidine groups is 1. The quantitative estimate of drug-likeness (QED) is 0.742. The largest absolute Gasteiger partial charge is 0.454 e. The maximum atomic E-state index is 11.0. The molecule has 2 heterocycles. The third-order valence-electron chi connectivity index (χ3n) is 4.56. The highest BCUT2D eigenvalue weighted by atomic mass is 35.5. The Hall–Kier alpha value is -2.33. The number of ether oxygens (including phenoxy) is 1. The van der Waals surface area contributed by atoms with Crippen molar-refractivity contribution in [1.82, 2.24) is 9.80 Å². The van der Waals surface area contributed by atoms with Crippen molar-refractivity contribution < 1.29 is 21.9 Å². The molecule has 10 heteroatoms. The van der Waals surface area contributed by atoms with Crippen molar-refractivity contribution in [2.24, 2.45) is 4.99 Å². The molecule has 1 saturated heterocycles. The van der Waals surface area contributed by atoms with Gasteiger partial charge in [0.2, 0.25) is 0 Å². The fourth-order valence-electron chi connectivity index (χ4n) is 3.16. The van der Waals surface area contributed by atoms with Gasteiger partial charge in [-0.05, 0) is 37.4 Å². The van der Waals surface area contributed by atoms with Gasteiger partial charge in [0.15, 0.2) is 5.75 Å². The lowest BCUT2D eigenvalue weighted by Gasteiger charge is -2.34. The summed E-state index contributed by atoms with van der Waals surface area (Å²) >= 11 is 6.21. The van der Waals surface area contributed by atoms with Crippen LogP contribution in [0.25, 0.3) is 0 Å². The molecule has 0 radical (unpaired) electrons. The van der Waals surface area contributed by atoms with Crippen molar-refractivity contribution >= 4 is 33.5 Å². The van der Waals surface area contributed by atoms with Crippen molar-refractivity contribution in [2.45, 2.75) is 0 Å². The first-order chi connectivity index (χ1) is 13.3. The van der Waals surface area contributed by atoms with Gasteiger partial charge in [0.1, 0.15) is 23.0 Å². The number of nitrogens with zero attached hydrogens (tertiary/aromatic N) is 3. The van der Waals surface area contributed by atoms with Gasteiger partial charge in [0.05, 0.1) is 5.56 Å². The van der Waals surface area contributed by atoms with Crippen molar-refractivity contribution in [2.75, 3.05) is 33.2 Å². The van der Waals surface area contributed by atoms with Crippen molar-refractivity contribution in [1.29, 1.82) is 0 Å². The van der Waals surface area contributed by atoms with Crippen LogP contribution in [0, 0.1) is 0 Å². The summed E-state index contributed by atoms with van der Waals surface area (Å²) in [5, 5.41) is 0.561. The minimum atomic E-state index is -4.63. The van der Waals surface area contributed by atoms with Gasteiger partial charge in [0.25, 0.3) is 0 Å². The number of benzene rings is 2. The summed E-state index contributed by atoms with van der Waals surface area (Å²) in [5.74, 6) is 1.67. The van der Waals surface area contributed by atoms with Gasteiger partial charge in [0, 0.05) is 37.3 Å². The smallest absolute Gasteiger partial charge is 0.446 e.